The van der Waals surface area contributed by atoms with Crippen LogP contribution in [0.25, 0.3) is 0 Å². The molecule has 0 spiro atoms. The maximum Gasteiger partial charge on any atom is 0.317 e. The molecule has 2 rings (SSSR count). The number of likely N-dealkylation sites (N-methyl/N-ethyl adjacent to an activating group) is 2. The van der Waals surface area contributed by atoms with Gasteiger partial charge in [-0.1, -0.05) is 29.8 Å². The summed E-state index contributed by atoms with van der Waals surface area (Å²) >= 11 is 0. The number of carbonyl (C=O) groups excluding carboxylic acids is 1. The Morgan fingerprint density at radius 2 is 1.96 bits per heavy atom. The fourth-order valence-electron chi connectivity index (χ4n) is 3.05. The van der Waals surface area contributed by atoms with Crippen molar-refractivity contribution in [3.63, 3.8) is 0 Å². The van der Waals surface area contributed by atoms with E-state index in [4.69, 9.17) is 4.74 Å². The van der Waals surface area contributed by atoms with Gasteiger partial charge in [0.05, 0.1) is 12.1 Å². The highest BCUT2D eigenvalue weighted by molar-refractivity contribution is 5.73. The summed E-state index contributed by atoms with van der Waals surface area (Å²) in [7, 11) is 5.91. The molecule has 2 unspecified atom stereocenters. The summed E-state index contributed by atoms with van der Waals surface area (Å²) in [5, 5.41) is 3.06. The summed E-state index contributed by atoms with van der Waals surface area (Å²) in [6.45, 7) is 4.14. The van der Waals surface area contributed by atoms with Crippen LogP contribution in [0.3, 0.4) is 0 Å². The van der Waals surface area contributed by atoms with Crippen LogP contribution in [-0.2, 0) is 4.74 Å². The second-order valence-corrected chi connectivity index (χ2v) is 6.95. The van der Waals surface area contributed by atoms with Crippen LogP contribution in [0.15, 0.2) is 24.3 Å². The predicted octanol–water partition coefficient (Wildman–Crippen LogP) is 2.81. The molecule has 1 heterocycles. The summed E-state index contributed by atoms with van der Waals surface area (Å²) in [6.07, 6.45) is 3.54. The molecule has 2 atom stereocenters. The van der Waals surface area contributed by atoms with Gasteiger partial charge >= 0.3 is 6.03 Å². The summed E-state index contributed by atoms with van der Waals surface area (Å²) in [5.41, 5.74) is 2.46. The van der Waals surface area contributed by atoms with E-state index in [2.05, 4.69) is 41.4 Å². The number of rotatable bonds is 6. The van der Waals surface area contributed by atoms with Crippen molar-refractivity contribution < 1.29 is 9.53 Å². The van der Waals surface area contributed by atoms with Crippen molar-refractivity contribution in [2.24, 2.45) is 0 Å². The summed E-state index contributed by atoms with van der Waals surface area (Å²) in [5.74, 6) is 0. The van der Waals surface area contributed by atoms with Gasteiger partial charge < -0.3 is 19.9 Å². The first kappa shape index (κ1) is 18.7. The standard InChI is InChI=1S/C19H31N3O2/c1-15-8-10-16(11-9-15)18(21(2)3)13-20-19(23)22(4)14-17-7-5-6-12-24-17/h8-11,17-18H,5-7,12-14H2,1-4H3,(H,20,23). The van der Waals surface area contributed by atoms with Crippen molar-refractivity contribution in [3.05, 3.63) is 35.4 Å². The first-order valence-electron chi connectivity index (χ1n) is 8.81. The van der Waals surface area contributed by atoms with Crippen LogP contribution >= 0.6 is 0 Å². The van der Waals surface area contributed by atoms with Crippen LogP contribution in [0, 0.1) is 6.92 Å². The second kappa shape index (κ2) is 9.04. The van der Waals surface area contributed by atoms with E-state index in [1.807, 2.05) is 21.1 Å². The molecule has 134 valence electrons. The van der Waals surface area contributed by atoms with Gasteiger partial charge in [0, 0.05) is 26.7 Å². The van der Waals surface area contributed by atoms with Gasteiger partial charge in [0.15, 0.2) is 0 Å². The molecule has 5 nitrogen and oxygen atoms in total. The molecule has 5 heteroatoms. The van der Waals surface area contributed by atoms with Gasteiger partial charge in [0.2, 0.25) is 0 Å². The van der Waals surface area contributed by atoms with Crippen LogP contribution in [0.4, 0.5) is 4.79 Å². The zero-order chi connectivity index (χ0) is 17.5. The van der Waals surface area contributed by atoms with Crippen molar-refractivity contribution >= 4 is 6.03 Å². The van der Waals surface area contributed by atoms with Crippen molar-refractivity contribution in [3.8, 4) is 0 Å². The third-order valence-corrected chi connectivity index (χ3v) is 4.63. The Hall–Kier alpha value is -1.59. The zero-order valence-electron chi connectivity index (χ0n) is 15.4. The van der Waals surface area contributed by atoms with E-state index in [0.717, 1.165) is 19.4 Å². The fourth-order valence-corrected chi connectivity index (χ4v) is 3.05. The average Bonchev–Trinajstić information content (AvgIpc) is 2.57. The number of hydrogen-bond donors (Lipinski definition) is 1. The Bertz CT molecular complexity index is 510. The number of carbonyl (C=O) groups is 1. The molecule has 0 aliphatic carbocycles. The highest BCUT2D eigenvalue weighted by Crippen LogP contribution is 2.18. The summed E-state index contributed by atoms with van der Waals surface area (Å²) in [4.78, 5) is 16.2. The molecule has 0 bridgehead atoms. The van der Waals surface area contributed by atoms with Crippen LogP contribution in [0.2, 0.25) is 0 Å². The van der Waals surface area contributed by atoms with E-state index in [1.54, 1.807) is 4.90 Å². The number of ether oxygens (including phenoxy) is 1. The predicted molar refractivity (Wildman–Crippen MR) is 97.2 cm³/mol. The van der Waals surface area contributed by atoms with Crippen LogP contribution in [0.5, 0.6) is 0 Å². The van der Waals surface area contributed by atoms with Gasteiger partial charge in [-0.05, 0) is 45.8 Å². The first-order chi connectivity index (χ1) is 11.5. The molecular weight excluding hydrogens is 302 g/mol. The number of nitrogens with one attached hydrogen (secondary N) is 1. The Morgan fingerprint density at radius 1 is 1.25 bits per heavy atom. The van der Waals surface area contributed by atoms with Crippen molar-refractivity contribution in [1.29, 1.82) is 0 Å². The Labute approximate surface area is 146 Å². The Morgan fingerprint density at radius 3 is 2.54 bits per heavy atom. The first-order valence-corrected chi connectivity index (χ1v) is 8.81. The molecule has 1 aromatic carbocycles. The minimum absolute atomic E-state index is 0.0388. The number of benzene rings is 1. The van der Waals surface area contributed by atoms with Crippen LogP contribution in [0.1, 0.15) is 36.4 Å². The van der Waals surface area contributed by atoms with E-state index in [0.29, 0.717) is 13.1 Å². The van der Waals surface area contributed by atoms with Gasteiger partial charge in [0.25, 0.3) is 0 Å². The van der Waals surface area contributed by atoms with E-state index in [1.165, 1.54) is 17.5 Å². The van der Waals surface area contributed by atoms with E-state index < -0.39 is 0 Å². The number of amides is 2. The van der Waals surface area contributed by atoms with Gasteiger partial charge in [-0.3, -0.25) is 0 Å². The Kier molecular flexibility index (Phi) is 7.06. The normalized spacial score (nSPS) is 19.1. The monoisotopic (exact) mass is 333 g/mol. The number of urea groups is 1. The molecule has 0 saturated carbocycles. The van der Waals surface area contributed by atoms with Gasteiger partial charge in [-0.2, -0.15) is 0 Å². The lowest BCUT2D eigenvalue weighted by atomic mass is 10.0. The highest BCUT2D eigenvalue weighted by Gasteiger charge is 2.20. The molecule has 1 fully saturated rings. The van der Waals surface area contributed by atoms with Crippen LogP contribution < -0.4 is 5.32 Å². The molecule has 1 aliphatic rings. The van der Waals surface area contributed by atoms with Gasteiger partial charge in [0.1, 0.15) is 0 Å². The van der Waals surface area contributed by atoms with E-state index >= 15 is 0 Å². The van der Waals surface area contributed by atoms with Gasteiger partial charge in [-0.15, -0.1) is 0 Å². The minimum atomic E-state index is -0.0388. The number of aryl methyl sites for hydroxylation is 1. The topological polar surface area (TPSA) is 44.8 Å². The van der Waals surface area contributed by atoms with Crippen molar-refractivity contribution in [2.75, 3.05) is 40.8 Å². The molecule has 1 saturated heterocycles. The largest absolute Gasteiger partial charge is 0.376 e. The van der Waals surface area contributed by atoms with E-state index in [9.17, 15) is 4.79 Å². The van der Waals surface area contributed by atoms with Gasteiger partial charge in [-0.25, -0.2) is 4.79 Å². The molecule has 24 heavy (non-hydrogen) atoms. The molecule has 0 radical (unpaired) electrons. The van der Waals surface area contributed by atoms with Crippen LogP contribution in [-0.4, -0.2) is 62.8 Å². The maximum atomic E-state index is 12.4. The Balaban J connectivity index is 1.86. The highest BCUT2D eigenvalue weighted by atomic mass is 16.5. The SMILES string of the molecule is Cc1ccc(C(CNC(=O)N(C)CC2CCCCO2)N(C)C)cc1. The second-order valence-electron chi connectivity index (χ2n) is 6.95. The quantitative estimate of drug-likeness (QED) is 0.871. The lowest BCUT2D eigenvalue weighted by Gasteiger charge is -2.29. The minimum Gasteiger partial charge on any atom is -0.376 e. The average molecular weight is 333 g/mol. The lowest BCUT2D eigenvalue weighted by Crippen LogP contribution is -2.45. The smallest absolute Gasteiger partial charge is 0.317 e. The van der Waals surface area contributed by atoms with Crippen molar-refractivity contribution in [2.45, 2.75) is 38.3 Å². The molecule has 2 amide bonds. The third kappa shape index (κ3) is 5.49. The summed E-state index contributed by atoms with van der Waals surface area (Å²) in [6, 6.07) is 8.61. The maximum absolute atomic E-state index is 12.4. The van der Waals surface area contributed by atoms with E-state index in [-0.39, 0.29) is 18.2 Å². The molecule has 1 aromatic rings. The third-order valence-electron chi connectivity index (χ3n) is 4.63. The number of hydrogen-bond acceptors (Lipinski definition) is 3. The lowest BCUT2D eigenvalue weighted by molar-refractivity contribution is 0.00380. The summed E-state index contributed by atoms with van der Waals surface area (Å²) < 4.78 is 5.71. The number of nitrogens with zero attached hydrogens (tertiary/aromatic N) is 2. The molecule has 0 aromatic heterocycles. The fraction of sp³-hybridized carbons (Fsp3) is 0.632. The molecule has 1 N–H and O–H groups in total. The zero-order valence-corrected chi connectivity index (χ0v) is 15.4. The molecule has 1 aliphatic heterocycles. The molecular formula is C19H31N3O2. The van der Waals surface area contributed by atoms with Crippen molar-refractivity contribution in [1.82, 2.24) is 15.1 Å².